The molecule has 2 rings (SSSR count). The maximum Gasteiger partial charge on any atom is 0.295 e. The van der Waals surface area contributed by atoms with Crippen LogP contribution >= 0.6 is 0 Å². The molecule has 0 amide bonds. The maximum absolute atomic E-state index is 12.2. The minimum atomic E-state index is -3.68. The number of rotatable bonds is 2. The standard InChI is InChI=1S/C9H10N4O2S/c1-7-3-5-8(6-4-7)16(14,15)9(2)10-12-13-11-9/h3-6H,1-2H3. The second kappa shape index (κ2) is 3.44. The largest absolute Gasteiger partial charge is 0.295 e. The van der Waals surface area contributed by atoms with Crippen LogP contribution in [0.4, 0.5) is 0 Å². The smallest absolute Gasteiger partial charge is 0.219 e. The van der Waals surface area contributed by atoms with E-state index in [1.807, 2.05) is 6.92 Å². The third-order valence-corrected chi connectivity index (χ3v) is 4.42. The Morgan fingerprint density at radius 3 is 2.06 bits per heavy atom. The minimum Gasteiger partial charge on any atom is -0.219 e. The summed E-state index contributed by atoms with van der Waals surface area (Å²) in [5.74, 6) is 0. The molecule has 1 heterocycles. The lowest BCUT2D eigenvalue weighted by Crippen LogP contribution is -2.29. The summed E-state index contributed by atoms with van der Waals surface area (Å²) in [5, 5.41) is 13.6. The zero-order valence-corrected chi connectivity index (χ0v) is 9.64. The highest BCUT2D eigenvalue weighted by Crippen LogP contribution is 2.31. The molecule has 1 aromatic carbocycles. The highest BCUT2D eigenvalue weighted by molar-refractivity contribution is 7.92. The second-order valence-electron chi connectivity index (χ2n) is 3.63. The summed E-state index contributed by atoms with van der Waals surface area (Å²) in [6, 6.07) is 6.50. The van der Waals surface area contributed by atoms with Gasteiger partial charge in [-0.2, -0.15) is 0 Å². The van der Waals surface area contributed by atoms with Crippen molar-refractivity contribution in [1.82, 2.24) is 0 Å². The van der Waals surface area contributed by atoms with E-state index in [-0.39, 0.29) is 4.90 Å². The topological polar surface area (TPSA) is 83.6 Å². The molecule has 0 saturated heterocycles. The zero-order valence-electron chi connectivity index (χ0n) is 8.82. The van der Waals surface area contributed by atoms with E-state index in [9.17, 15) is 8.42 Å². The second-order valence-corrected chi connectivity index (χ2v) is 5.88. The van der Waals surface area contributed by atoms with Crippen LogP contribution in [0.5, 0.6) is 0 Å². The summed E-state index contributed by atoms with van der Waals surface area (Å²) in [6.45, 7) is 3.25. The fourth-order valence-electron chi connectivity index (χ4n) is 1.27. The van der Waals surface area contributed by atoms with Gasteiger partial charge in [0.15, 0.2) is 0 Å². The first kappa shape index (κ1) is 10.9. The fourth-order valence-corrected chi connectivity index (χ4v) is 2.50. The van der Waals surface area contributed by atoms with E-state index < -0.39 is 14.8 Å². The first-order valence-corrected chi connectivity index (χ1v) is 6.09. The van der Waals surface area contributed by atoms with Gasteiger partial charge < -0.3 is 0 Å². The SMILES string of the molecule is Cc1ccc(S(=O)(=O)C2(C)N=NN=N2)cc1. The molecule has 0 aromatic heterocycles. The van der Waals surface area contributed by atoms with Crippen LogP contribution in [0, 0.1) is 6.92 Å². The van der Waals surface area contributed by atoms with Gasteiger partial charge in [0.25, 0.3) is 4.99 Å². The molecule has 0 radical (unpaired) electrons. The van der Waals surface area contributed by atoms with E-state index >= 15 is 0 Å². The predicted octanol–water partition coefficient (Wildman–Crippen LogP) is 2.28. The van der Waals surface area contributed by atoms with E-state index in [1.165, 1.54) is 19.1 Å². The molecule has 7 heteroatoms. The van der Waals surface area contributed by atoms with Crippen LogP contribution in [-0.2, 0) is 9.84 Å². The molecule has 0 aliphatic carbocycles. The lowest BCUT2D eigenvalue weighted by molar-refractivity contribution is 0.543. The van der Waals surface area contributed by atoms with Crippen LogP contribution in [-0.4, -0.2) is 13.4 Å². The van der Waals surface area contributed by atoms with Crippen LogP contribution in [0.3, 0.4) is 0 Å². The van der Waals surface area contributed by atoms with Crippen LogP contribution in [0.1, 0.15) is 12.5 Å². The molecule has 0 saturated carbocycles. The van der Waals surface area contributed by atoms with Crippen molar-refractivity contribution in [3.63, 3.8) is 0 Å². The van der Waals surface area contributed by atoms with Gasteiger partial charge in [-0.05, 0) is 29.5 Å². The van der Waals surface area contributed by atoms with Crippen LogP contribution in [0.15, 0.2) is 49.8 Å². The highest BCUT2D eigenvalue weighted by Gasteiger charge is 2.43. The van der Waals surface area contributed by atoms with Gasteiger partial charge in [0.05, 0.1) is 4.90 Å². The Bertz CT molecular complexity index is 548. The molecular weight excluding hydrogens is 228 g/mol. The quantitative estimate of drug-likeness (QED) is 0.791. The number of hydrogen-bond acceptors (Lipinski definition) is 6. The lowest BCUT2D eigenvalue weighted by Gasteiger charge is -2.14. The average Bonchev–Trinajstić information content (AvgIpc) is 2.67. The van der Waals surface area contributed by atoms with Crippen molar-refractivity contribution in [3.8, 4) is 0 Å². The molecule has 84 valence electrons. The Hall–Kier alpha value is -1.63. The normalized spacial score (nSPS) is 17.9. The van der Waals surface area contributed by atoms with E-state index in [4.69, 9.17) is 0 Å². The Morgan fingerprint density at radius 2 is 1.56 bits per heavy atom. The zero-order chi connectivity index (χ0) is 11.8. The van der Waals surface area contributed by atoms with Gasteiger partial charge in [-0.3, -0.25) is 0 Å². The summed E-state index contributed by atoms with van der Waals surface area (Å²) in [4.78, 5) is -1.46. The molecule has 0 bridgehead atoms. The van der Waals surface area contributed by atoms with E-state index in [0.29, 0.717) is 0 Å². The van der Waals surface area contributed by atoms with Gasteiger partial charge in [0, 0.05) is 6.92 Å². The summed E-state index contributed by atoms with van der Waals surface area (Å²) in [7, 11) is -3.68. The van der Waals surface area contributed by atoms with Crippen molar-refractivity contribution in [2.75, 3.05) is 0 Å². The molecule has 0 spiro atoms. The molecule has 0 atom stereocenters. The van der Waals surface area contributed by atoms with Gasteiger partial charge in [-0.1, -0.05) is 17.7 Å². The summed E-state index contributed by atoms with van der Waals surface area (Å²) >= 11 is 0. The summed E-state index contributed by atoms with van der Waals surface area (Å²) in [5.41, 5.74) is 0.985. The molecule has 0 fully saturated rings. The van der Waals surface area contributed by atoms with Crippen LogP contribution in [0.25, 0.3) is 0 Å². The lowest BCUT2D eigenvalue weighted by atomic mass is 10.2. The van der Waals surface area contributed by atoms with Gasteiger partial charge in [-0.25, -0.2) is 8.42 Å². The molecule has 1 aliphatic rings. The van der Waals surface area contributed by atoms with E-state index in [1.54, 1.807) is 12.1 Å². The Morgan fingerprint density at radius 1 is 1.06 bits per heavy atom. The first-order valence-electron chi connectivity index (χ1n) is 4.61. The number of hydrogen-bond donors (Lipinski definition) is 0. The van der Waals surface area contributed by atoms with E-state index in [0.717, 1.165) is 5.56 Å². The average molecular weight is 238 g/mol. The Kier molecular flexibility index (Phi) is 2.34. The van der Waals surface area contributed by atoms with Gasteiger partial charge in [-0.15, -0.1) is 10.2 Å². The number of benzene rings is 1. The molecule has 6 nitrogen and oxygen atoms in total. The minimum absolute atomic E-state index is 0.167. The Balaban J connectivity index is 2.51. The maximum atomic E-state index is 12.2. The fraction of sp³-hybridized carbons (Fsp3) is 0.333. The number of aryl methyl sites for hydroxylation is 1. The third-order valence-electron chi connectivity index (χ3n) is 2.34. The van der Waals surface area contributed by atoms with Crippen molar-refractivity contribution in [2.24, 2.45) is 20.7 Å². The van der Waals surface area contributed by atoms with Crippen molar-refractivity contribution < 1.29 is 8.42 Å². The highest BCUT2D eigenvalue weighted by atomic mass is 32.2. The molecule has 16 heavy (non-hydrogen) atoms. The monoisotopic (exact) mass is 238 g/mol. The Labute approximate surface area is 93.0 Å². The van der Waals surface area contributed by atoms with Gasteiger partial charge in [0.1, 0.15) is 0 Å². The molecular formula is C9H10N4O2S. The van der Waals surface area contributed by atoms with Gasteiger partial charge in [0.2, 0.25) is 9.84 Å². The first-order chi connectivity index (χ1) is 7.46. The molecule has 0 N–H and O–H groups in total. The summed E-state index contributed by atoms with van der Waals surface area (Å²) < 4.78 is 24.3. The van der Waals surface area contributed by atoms with Crippen LogP contribution in [0.2, 0.25) is 0 Å². The van der Waals surface area contributed by atoms with Crippen molar-refractivity contribution in [3.05, 3.63) is 29.8 Å². The third kappa shape index (κ3) is 1.53. The van der Waals surface area contributed by atoms with Crippen molar-refractivity contribution in [1.29, 1.82) is 0 Å². The van der Waals surface area contributed by atoms with E-state index in [2.05, 4.69) is 20.7 Å². The molecule has 1 aromatic rings. The summed E-state index contributed by atoms with van der Waals surface area (Å²) in [6.07, 6.45) is 0. The predicted molar refractivity (Wildman–Crippen MR) is 56.5 cm³/mol. The van der Waals surface area contributed by atoms with Gasteiger partial charge >= 0.3 is 0 Å². The number of sulfone groups is 1. The molecule has 1 aliphatic heterocycles. The van der Waals surface area contributed by atoms with Crippen molar-refractivity contribution in [2.45, 2.75) is 23.7 Å². The number of nitrogens with zero attached hydrogens (tertiary/aromatic N) is 4. The molecule has 0 unspecified atom stereocenters. The van der Waals surface area contributed by atoms with Crippen molar-refractivity contribution >= 4 is 9.84 Å². The van der Waals surface area contributed by atoms with Crippen LogP contribution < -0.4 is 0 Å².